The van der Waals surface area contributed by atoms with E-state index in [4.69, 9.17) is 23.2 Å². The van der Waals surface area contributed by atoms with Gasteiger partial charge in [-0.05, 0) is 49.1 Å². The Kier molecular flexibility index (Phi) is 10.2. The molecular weight excluding hydrogens is 540 g/mol. The van der Waals surface area contributed by atoms with Crippen LogP contribution in [0.3, 0.4) is 0 Å². The monoisotopic (exact) mass is 571 g/mol. The predicted octanol–water partition coefficient (Wildman–Crippen LogP) is 5.15. The maximum atomic E-state index is 13.7. The number of carbonyl (C=O) groups excluding carboxylic acids is 2. The third-order valence-electron chi connectivity index (χ3n) is 6.48. The Morgan fingerprint density at radius 2 is 1.73 bits per heavy atom. The number of sulfonamides is 1. The topological polar surface area (TPSA) is 86.8 Å². The first-order valence-corrected chi connectivity index (χ1v) is 14.9. The number of rotatable bonds is 10. The second-order valence-corrected chi connectivity index (χ2v) is 12.0. The van der Waals surface area contributed by atoms with Crippen LogP contribution in [0, 0.1) is 5.82 Å². The lowest BCUT2D eigenvalue weighted by Gasteiger charge is -2.34. The molecule has 11 heteroatoms. The van der Waals surface area contributed by atoms with Gasteiger partial charge in [0.25, 0.3) is 0 Å². The molecule has 1 unspecified atom stereocenters. The lowest BCUT2D eigenvalue weighted by atomic mass is 9.95. The maximum Gasteiger partial charge on any atom is 0.244 e. The van der Waals surface area contributed by atoms with Crippen molar-refractivity contribution < 1.29 is 22.4 Å². The van der Waals surface area contributed by atoms with E-state index < -0.39 is 34.3 Å². The fraction of sp³-hybridized carbons (Fsp3) is 0.462. The Labute approximate surface area is 228 Å². The molecule has 3 rings (SSSR count). The number of amides is 2. The molecule has 7 nitrogen and oxygen atoms in total. The molecule has 202 valence electrons. The number of hydrogen-bond donors (Lipinski definition) is 1. The molecule has 2 aromatic rings. The van der Waals surface area contributed by atoms with Crippen molar-refractivity contribution in [1.82, 2.24) is 10.2 Å². The smallest absolute Gasteiger partial charge is 0.244 e. The zero-order valence-electron chi connectivity index (χ0n) is 20.9. The van der Waals surface area contributed by atoms with Crippen molar-refractivity contribution in [2.75, 3.05) is 17.1 Å². The van der Waals surface area contributed by atoms with Gasteiger partial charge in [-0.2, -0.15) is 0 Å². The molecular formula is C26H32Cl2FN3O4S. The molecule has 1 atom stereocenters. The lowest BCUT2D eigenvalue weighted by molar-refractivity contribution is -0.140. The fourth-order valence-electron chi connectivity index (χ4n) is 4.53. The molecule has 2 amide bonds. The Bertz CT molecular complexity index is 1200. The molecule has 0 bridgehead atoms. The molecule has 37 heavy (non-hydrogen) atoms. The molecule has 1 saturated carbocycles. The molecule has 1 N–H and O–H groups in total. The number of halogens is 3. The lowest BCUT2D eigenvalue weighted by Crippen LogP contribution is -2.54. The van der Waals surface area contributed by atoms with Crippen LogP contribution in [0.5, 0.6) is 0 Å². The Morgan fingerprint density at radius 3 is 2.32 bits per heavy atom. The van der Waals surface area contributed by atoms with Crippen LogP contribution in [0.25, 0.3) is 0 Å². The summed E-state index contributed by atoms with van der Waals surface area (Å²) in [6.07, 6.45) is 6.23. The molecule has 1 aliphatic carbocycles. The Balaban J connectivity index is 1.93. The van der Waals surface area contributed by atoms with Gasteiger partial charge in [-0.15, -0.1) is 0 Å². The summed E-state index contributed by atoms with van der Waals surface area (Å²) in [5, 5.41) is 3.20. The summed E-state index contributed by atoms with van der Waals surface area (Å²) in [4.78, 5) is 28.4. The van der Waals surface area contributed by atoms with E-state index in [9.17, 15) is 22.4 Å². The second kappa shape index (κ2) is 12.9. The number of nitrogens with zero attached hydrogens (tertiary/aromatic N) is 2. The summed E-state index contributed by atoms with van der Waals surface area (Å²) in [5.41, 5.74) is 0.664. The highest BCUT2D eigenvalue weighted by Gasteiger charge is 2.33. The van der Waals surface area contributed by atoms with Crippen LogP contribution in [0.2, 0.25) is 10.0 Å². The van der Waals surface area contributed by atoms with Crippen LogP contribution >= 0.6 is 23.2 Å². The minimum atomic E-state index is -3.95. The molecule has 0 radical (unpaired) electrons. The average Bonchev–Trinajstić information content (AvgIpc) is 2.85. The van der Waals surface area contributed by atoms with E-state index >= 15 is 0 Å². The molecule has 1 fully saturated rings. The predicted molar refractivity (Wildman–Crippen MR) is 145 cm³/mol. The van der Waals surface area contributed by atoms with Crippen molar-refractivity contribution in [3.63, 3.8) is 0 Å². The minimum absolute atomic E-state index is 0.00339. The molecule has 2 aromatic carbocycles. The summed E-state index contributed by atoms with van der Waals surface area (Å²) in [6.45, 7) is 1.20. The van der Waals surface area contributed by atoms with Gasteiger partial charge in [0.2, 0.25) is 21.8 Å². The molecule has 1 aliphatic rings. The van der Waals surface area contributed by atoms with Gasteiger partial charge in [0.1, 0.15) is 18.4 Å². The molecule has 0 aromatic heterocycles. The van der Waals surface area contributed by atoms with Crippen LogP contribution in [0.1, 0.15) is 51.0 Å². The third kappa shape index (κ3) is 7.82. The first-order valence-electron chi connectivity index (χ1n) is 12.3. The maximum absolute atomic E-state index is 13.7. The van der Waals surface area contributed by atoms with E-state index in [0.717, 1.165) is 42.7 Å². The molecule has 0 heterocycles. The normalized spacial score (nSPS) is 15.2. The summed E-state index contributed by atoms with van der Waals surface area (Å²) in [5.74, 6) is -1.32. The van der Waals surface area contributed by atoms with Gasteiger partial charge in [0.05, 0.1) is 22.0 Å². The van der Waals surface area contributed by atoms with E-state index in [1.54, 1.807) is 6.92 Å². The standard InChI is InChI=1S/C26H32Cl2FN3O4S/c1-3-22(26(34)30-20-8-5-4-6-9-20)31(16-18-12-14-19(29)15-13-18)24(33)17-32(37(2,35)36)23-11-7-10-21(27)25(23)28/h7,10-15,20,22H,3-6,8-9,16-17H2,1-2H3,(H,30,34). The van der Waals surface area contributed by atoms with Gasteiger partial charge in [-0.1, -0.05) is 67.6 Å². The summed E-state index contributed by atoms with van der Waals surface area (Å²) in [7, 11) is -3.95. The van der Waals surface area contributed by atoms with Crippen molar-refractivity contribution in [2.24, 2.45) is 0 Å². The summed E-state index contributed by atoms with van der Waals surface area (Å²) < 4.78 is 39.8. The van der Waals surface area contributed by atoms with Crippen LogP contribution in [0.4, 0.5) is 10.1 Å². The van der Waals surface area contributed by atoms with Crippen molar-refractivity contribution in [1.29, 1.82) is 0 Å². The van der Waals surface area contributed by atoms with E-state index in [1.165, 1.54) is 47.4 Å². The Morgan fingerprint density at radius 1 is 1.08 bits per heavy atom. The second-order valence-electron chi connectivity index (χ2n) is 9.26. The number of benzene rings is 2. The zero-order chi connectivity index (χ0) is 27.2. The van der Waals surface area contributed by atoms with E-state index in [-0.39, 0.29) is 34.2 Å². The van der Waals surface area contributed by atoms with Crippen molar-refractivity contribution in [3.8, 4) is 0 Å². The van der Waals surface area contributed by atoms with E-state index in [0.29, 0.717) is 12.0 Å². The fourth-order valence-corrected chi connectivity index (χ4v) is 5.83. The SMILES string of the molecule is CCC(C(=O)NC1CCCCC1)N(Cc1ccc(F)cc1)C(=O)CN(c1cccc(Cl)c1Cl)S(C)(=O)=O. The zero-order valence-corrected chi connectivity index (χ0v) is 23.3. The van der Waals surface area contributed by atoms with Crippen molar-refractivity contribution in [3.05, 3.63) is 63.9 Å². The van der Waals surface area contributed by atoms with Crippen LogP contribution in [-0.2, 0) is 26.2 Å². The van der Waals surface area contributed by atoms with Crippen molar-refractivity contribution in [2.45, 2.75) is 64.1 Å². The third-order valence-corrected chi connectivity index (χ3v) is 8.42. The van der Waals surface area contributed by atoms with Gasteiger partial charge < -0.3 is 10.2 Å². The average molecular weight is 573 g/mol. The van der Waals surface area contributed by atoms with Crippen LogP contribution in [-0.4, -0.2) is 50.0 Å². The molecule has 0 saturated heterocycles. The highest BCUT2D eigenvalue weighted by Crippen LogP contribution is 2.34. The summed E-state index contributed by atoms with van der Waals surface area (Å²) in [6, 6.07) is 9.30. The quantitative estimate of drug-likeness (QED) is 0.427. The minimum Gasteiger partial charge on any atom is -0.352 e. The molecule has 0 spiro atoms. The van der Waals surface area contributed by atoms with Crippen LogP contribution in [0.15, 0.2) is 42.5 Å². The van der Waals surface area contributed by atoms with Crippen molar-refractivity contribution >= 4 is 50.7 Å². The summed E-state index contributed by atoms with van der Waals surface area (Å²) >= 11 is 12.4. The van der Waals surface area contributed by atoms with Crippen LogP contribution < -0.4 is 9.62 Å². The first-order chi connectivity index (χ1) is 17.5. The van der Waals surface area contributed by atoms with Gasteiger partial charge in [0.15, 0.2) is 0 Å². The van der Waals surface area contributed by atoms with Gasteiger partial charge in [-0.25, -0.2) is 12.8 Å². The molecule has 0 aliphatic heterocycles. The number of nitrogens with one attached hydrogen (secondary N) is 1. The van der Waals surface area contributed by atoms with Gasteiger partial charge >= 0.3 is 0 Å². The largest absolute Gasteiger partial charge is 0.352 e. The number of hydrogen-bond acceptors (Lipinski definition) is 4. The van der Waals surface area contributed by atoms with E-state index in [2.05, 4.69) is 5.32 Å². The van der Waals surface area contributed by atoms with Gasteiger partial charge in [0, 0.05) is 12.6 Å². The first kappa shape index (κ1) is 29.2. The number of anilines is 1. The number of carbonyl (C=O) groups is 2. The Hall–Kier alpha value is -2.36. The van der Waals surface area contributed by atoms with E-state index in [1.807, 2.05) is 0 Å². The highest BCUT2D eigenvalue weighted by atomic mass is 35.5. The highest BCUT2D eigenvalue weighted by molar-refractivity contribution is 7.92. The van der Waals surface area contributed by atoms with Gasteiger partial charge in [-0.3, -0.25) is 13.9 Å².